The standard InChI is InChI=1S/C11H14N2O3/c1-11(2,10(14)13-12)7-3-4-8-9(5-7)16-6-15-8/h3-5H,6,12H2,1-2H3,(H,13,14). The Morgan fingerprint density at radius 1 is 1.38 bits per heavy atom. The van der Waals surface area contributed by atoms with E-state index in [1.807, 2.05) is 6.07 Å². The fourth-order valence-corrected chi connectivity index (χ4v) is 1.60. The van der Waals surface area contributed by atoms with Gasteiger partial charge in [-0.3, -0.25) is 10.2 Å². The average Bonchev–Trinajstić information content (AvgIpc) is 2.74. The van der Waals surface area contributed by atoms with E-state index in [-0.39, 0.29) is 12.7 Å². The molecule has 86 valence electrons. The first-order chi connectivity index (χ1) is 7.55. The summed E-state index contributed by atoms with van der Waals surface area (Å²) in [6.45, 7) is 3.82. The van der Waals surface area contributed by atoms with Crippen molar-refractivity contribution < 1.29 is 14.3 Å². The number of ether oxygens (including phenoxy) is 2. The molecule has 0 saturated carbocycles. The van der Waals surface area contributed by atoms with Crippen molar-refractivity contribution in [2.45, 2.75) is 19.3 Å². The molecule has 0 radical (unpaired) electrons. The van der Waals surface area contributed by atoms with Crippen LogP contribution in [0.5, 0.6) is 11.5 Å². The van der Waals surface area contributed by atoms with Crippen molar-refractivity contribution in [2.75, 3.05) is 6.79 Å². The lowest BCUT2D eigenvalue weighted by molar-refractivity contribution is -0.125. The van der Waals surface area contributed by atoms with E-state index in [1.54, 1.807) is 26.0 Å². The lowest BCUT2D eigenvalue weighted by Crippen LogP contribution is -2.43. The number of carbonyl (C=O) groups is 1. The number of hydrogen-bond donors (Lipinski definition) is 2. The van der Waals surface area contributed by atoms with Crippen molar-refractivity contribution in [3.63, 3.8) is 0 Å². The maximum Gasteiger partial charge on any atom is 0.243 e. The van der Waals surface area contributed by atoms with Gasteiger partial charge >= 0.3 is 0 Å². The van der Waals surface area contributed by atoms with Crippen LogP contribution in [0.25, 0.3) is 0 Å². The second-order valence-corrected chi connectivity index (χ2v) is 4.17. The fourth-order valence-electron chi connectivity index (χ4n) is 1.60. The molecule has 1 heterocycles. The van der Waals surface area contributed by atoms with Crippen LogP contribution in [0.4, 0.5) is 0 Å². The summed E-state index contributed by atoms with van der Waals surface area (Å²) in [5.74, 6) is 6.27. The van der Waals surface area contributed by atoms with E-state index < -0.39 is 5.41 Å². The Morgan fingerprint density at radius 3 is 2.75 bits per heavy atom. The molecule has 5 nitrogen and oxygen atoms in total. The third-order valence-electron chi connectivity index (χ3n) is 2.79. The Balaban J connectivity index is 2.37. The van der Waals surface area contributed by atoms with Crippen LogP contribution in [0.2, 0.25) is 0 Å². The lowest BCUT2D eigenvalue weighted by Gasteiger charge is -2.22. The smallest absolute Gasteiger partial charge is 0.243 e. The van der Waals surface area contributed by atoms with Gasteiger partial charge in [-0.05, 0) is 31.5 Å². The summed E-state index contributed by atoms with van der Waals surface area (Å²) < 4.78 is 10.5. The fraction of sp³-hybridized carbons (Fsp3) is 0.364. The molecule has 2 rings (SSSR count). The van der Waals surface area contributed by atoms with E-state index in [9.17, 15) is 4.79 Å². The van der Waals surface area contributed by atoms with Gasteiger partial charge in [0.2, 0.25) is 12.7 Å². The zero-order chi connectivity index (χ0) is 11.8. The van der Waals surface area contributed by atoms with E-state index in [0.29, 0.717) is 11.5 Å². The monoisotopic (exact) mass is 222 g/mol. The summed E-state index contributed by atoms with van der Waals surface area (Å²) >= 11 is 0. The lowest BCUT2D eigenvalue weighted by atomic mass is 9.84. The van der Waals surface area contributed by atoms with E-state index in [2.05, 4.69) is 5.43 Å². The Bertz CT molecular complexity index is 429. The predicted octanol–water partition coefficient (Wildman–Crippen LogP) is 0.683. The second-order valence-electron chi connectivity index (χ2n) is 4.17. The summed E-state index contributed by atoms with van der Waals surface area (Å²) in [6, 6.07) is 5.43. The molecule has 0 unspecified atom stereocenters. The molecule has 5 heteroatoms. The van der Waals surface area contributed by atoms with Gasteiger partial charge in [0.15, 0.2) is 11.5 Å². The quantitative estimate of drug-likeness (QED) is 0.438. The molecule has 0 aliphatic carbocycles. The van der Waals surface area contributed by atoms with Gasteiger partial charge < -0.3 is 9.47 Å². The molecule has 0 aromatic heterocycles. The van der Waals surface area contributed by atoms with Gasteiger partial charge in [0, 0.05) is 0 Å². The highest BCUT2D eigenvalue weighted by molar-refractivity contribution is 5.87. The molecule has 1 aliphatic heterocycles. The summed E-state index contributed by atoms with van der Waals surface area (Å²) in [4.78, 5) is 11.6. The first-order valence-electron chi connectivity index (χ1n) is 4.97. The molecule has 1 aromatic rings. The number of hydrogen-bond acceptors (Lipinski definition) is 4. The summed E-state index contributed by atoms with van der Waals surface area (Å²) in [5, 5.41) is 0. The Hall–Kier alpha value is -1.75. The molecule has 0 fully saturated rings. The number of rotatable bonds is 2. The number of carbonyl (C=O) groups excluding carboxylic acids is 1. The SMILES string of the molecule is CC(C)(C(=O)NN)c1ccc2c(c1)OCO2. The minimum atomic E-state index is -0.699. The molecule has 1 amide bonds. The van der Waals surface area contributed by atoms with Crippen LogP contribution in [0.3, 0.4) is 0 Å². The largest absolute Gasteiger partial charge is 0.454 e. The van der Waals surface area contributed by atoms with Crippen molar-refractivity contribution >= 4 is 5.91 Å². The van der Waals surface area contributed by atoms with Gasteiger partial charge in [-0.2, -0.15) is 0 Å². The van der Waals surface area contributed by atoms with Crippen LogP contribution in [0, 0.1) is 0 Å². The summed E-state index contributed by atoms with van der Waals surface area (Å²) in [7, 11) is 0. The van der Waals surface area contributed by atoms with Gasteiger partial charge in [0.05, 0.1) is 5.41 Å². The van der Waals surface area contributed by atoms with Crippen LogP contribution in [-0.4, -0.2) is 12.7 Å². The van der Waals surface area contributed by atoms with Crippen molar-refractivity contribution in [1.82, 2.24) is 5.43 Å². The normalized spacial score (nSPS) is 13.7. The molecular weight excluding hydrogens is 208 g/mol. The van der Waals surface area contributed by atoms with Crippen LogP contribution < -0.4 is 20.7 Å². The predicted molar refractivity (Wildman–Crippen MR) is 57.9 cm³/mol. The summed E-state index contributed by atoms with van der Waals surface area (Å²) in [5.41, 5.74) is 2.29. The van der Waals surface area contributed by atoms with E-state index in [0.717, 1.165) is 5.56 Å². The van der Waals surface area contributed by atoms with Crippen molar-refractivity contribution in [3.05, 3.63) is 23.8 Å². The third kappa shape index (κ3) is 1.59. The topological polar surface area (TPSA) is 73.6 Å². The van der Waals surface area contributed by atoms with Crippen LogP contribution >= 0.6 is 0 Å². The van der Waals surface area contributed by atoms with Gasteiger partial charge in [0.25, 0.3) is 0 Å². The highest BCUT2D eigenvalue weighted by Gasteiger charge is 2.30. The number of fused-ring (bicyclic) bond motifs is 1. The minimum absolute atomic E-state index is 0.225. The zero-order valence-corrected chi connectivity index (χ0v) is 9.24. The Labute approximate surface area is 93.5 Å². The Kier molecular flexibility index (Phi) is 2.47. The van der Waals surface area contributed by atoms with E-state index in [4.69, 9.17) is 15.3 Å². The zero-order valence-electron chi connectivity index (χ0n) is 9.24. The molecule has 3 N–H and O–H groups in total. The molecule has 1 aliphatic rings. The first kappa shape index (κ1) is 10.8. The number of nitrogens with one attached hydrogen (secondary N) is 1. The molecule has 16 heavy (non-hydrogen) atoms. The third-order valence-corrected chi connectivity index (χ3v) is 2.79. The van der Waals surface area contributed by atoms with Crippen molar-refractivity contribution in [3.8, 4) is 11.5 Å². The number of nitrogens with two attached hydrogens (primary N) is 1. The van der Waals surface area contributed by atoms with Gasteiger partial charge in [-0.25, -0.2) is 5.84 Å². The van der Waals surface area contributed by atoms with Crippen LogP contribution in [-0.2, 0) is 10.2 Å². The highest BCUT2D eigenvalue weighted by Crippen LogP contribution is 2.36. The Morgan fingerprint density at radius 2 is 2.06 bits per heavy atom. The van der Waals surface area contributed by atoms with Crippen molar-refractivity contribution in [2.24, 2.45) is 5.84 Å². The minimum Gasteiger partial charge on any atom is -0.454 e. The van der Waals surface area contributed by atoms with E-state index >= 15 is 0 Å². The maximum atomic E-state index is 11.6. The summed E-state index contributed by atoms with van der Waals surface area (Å²) in [6.07, 6.45) is 0. The molecule has 0 spiro atoms. The highest BCUT2D eigenvalue weighted by atomic mass is 16.7. The van der Waals surface area contributed by atoms with Crippen LogP contribution in [0.1, 0.15) is 19.4 Å². The number of amides is 1. The molecule has 0 bridgehead atoms. The number of hydrazine groups is 1. The molecule has 1 aromatic carbocycles. The average molecular weight is 222 g/mol. The van der Waals surface area contributed by atoms with Crippen LogP contribution in [0.15, 0.2) is 18.2 Å². The van der Waals surface area contributed by atoms with Gasteiger partial charge in [0.1, 0.15) is 0 Å². The van der Waals surface area contributed by atoms with Gasteiger partial charge in [-0.1, -0.05) is 6.07 Å². The van der Waals surface area contributed by atoms with E-state index in [1.165, 1.54) is 0 Å². The molecule has 0 atom stereocenters. The molecular formula is C11H14N2O3. The second kappa shape index (κ2) is 3.68. The number of benzene rings is 1. The van der Waals surface area contributed by atoms with Crippen molar-refractivity contribution in [1.29, 1.82) is 0 Å². The first-order valence-corrected chi connectivity index (χ1v) is 4.97. The maximum absolute atomic E-state index is 11.6. The van der Waals surface area contributed by atoms with Gasteiger partial charge in [-0.15, -0.1) is 0 Å². The molecule has 0 saturated heterocycles.